The molecule has 0 bridgehead atoms. The van der Waals surface area contributed by atoms with Gasteiger partial charge in [0.2, 0.25) is 0 Å². The third kappa shape index (κ3) is 1.97. The Labute approximate surface area is 134 Å². The van der Waals surface area contributed by atoms with Crippen molar-refractivity contribution >= 4 is 27.0 Å². The normalized spacial score (nSPS) is 19.0. The number of rotatable bonds is 1. The zero-order valence-electron chi connectivity index (χ0n) is 11.6. The van der Waals surface area contributed by atoms with E-state index in [2.05, 4.69) is 4.36 Å². The van der Waals surface area contributed by atoms with Gasteiger partial charge in [0.25, 0.3) is 0 Å². The van der Waals surface area contributed by atoms with Gasteiger partial charge in [-0.15, -0.1) is 0 Å². The molecule has 0 radical (unpaired) electrons. The van der Waals surface area contributed by atoms with E-state index in [-0.39, 0.29) is 0 Å². The summed E-state index contributed by atoms with van der Waals surface area (Å²) in [4.78, 5) is 1.44. The van der Waals surface area contributed by atoms with Crippen molar-refractivity contribution < 1.29 is 4.21 Å². The molecule has 108 valence electrons. The lowest BCUT2D eigenvalue weighted by molar-refractivity contribution is 0.676. The smallest absolute Gasteiger partial charge is 0.109 e. The summed E-state index contributed by atoms with van der Waals surface area (Å²) in [7, 11) is -2.69. The quantitative estimate of drug-likeness (QED) is 0.452. The molecule has 4 rings (SSSR count). The highest BCUT2D eigenvalue weighted by atomic mass is 35.5. The Hall–Kier alpha value is -2.10. The van der Waals surface area contributed by atoms with E-state index < -0.39 is 9.73 Å². The Morgan fingerprint density at radius 1 is 0.818 bits per heavy atom. The first kappa shape index (κ1) is 13.6. The first-order chi connectivity index (χ1) is 10.7. The van der Waals surface area contributed by atoms with Gasteiger partial charge in [0.15, 0.2) is 0 Å². The van der Waals surface area contributed by atoms with E-state index in [4.69, 9.17) is 11.6 Å². The molecule has 1 aliphatic rings. The van der Waals surface area contributed by atoms with Crippen LogP contribution in [0.1, 0.15) is 0 Å². The molecule has 0 aliphatic carbocycles. The Balaban J connectivity index is 2.15. The van der Waals surface area contributed by atoms with Gasteiger partial charge in [-0.2, -0.15) is 4.36 Å². The number of fused-ring (bicyclic) bond motifs is 3. The van der Waals surface area contributed by atoms with E-state index in [0.717, 1.165) is 21.7 Å². The first-order valence-electron chi connectivity index (χ1n) is 6.90. The largest absolute Gasteiger partial charge is 0.239 e. The second-order valence-electron chi connectivity index (χ2n) is 5.09. The highest BCUT2D eigenvalue weighted by molar-refractivity contribution is 7.94. The molecule has 0 aromatic heterocycles. The third-order valence-corrected chi connectivity index (χ3v) is 6.28. The minimum Gasteiger partial charge on any atom is -0.239 e. The Kier molecular flexibility index (Phi) is 3.06. The number of hydrogen-bond donors (Lipinski definition) is 0. The van der Waals surface area contributed by atoms with Crippen molar-refractivity contribution in [3.63, 3.8) is 0 Å². The van der Waals surface area contributed by atoms with Crippen LogP contribution in [-0.4, -0.2) is 4.21 Å². The highest BCUT2D eigenvalue weighted by Crippen LogP contribution is 2.44. The Morgan fingerprint density at radius 2 is 1.55 bits per heavy atom. The average molecular weight is 326 g/mol. The molecule has 0 spiro atoms. The summed E-state index contributed by atoms with van der Waals surface area (Å²) in [6.07, 6.45) is 0. The summed E-state index contributed by atoms with van der Waals surface area (Å²) in [5.74, 6) is 0. The number of benzene rings is 3. The molecule has 3 aromatic rings. The zero-order valence-corrected chi connectivity index (χ0v) is 13.1. The van der Waals surface area contributed by atoms with E-state index in [1.54, 1.807) is 6.07 Å². The van der Waals surface area contributed by atoms with Gasteiger partial charge >= 0.3 is 0 Å². The molecular formula is C18H12ClNOS. The maximum Gasteiger partial charge on any atom is 0.109 e. The molecule has 0 saturated heterocycles. The summed E-state index contributed by atoms with van der Waals surface area (Å²) in [6.45, 7) is 0. The van der Waals surface area contributed by atoms with Gasteiger partial charge in [0.05, 0.1) is 15.5 Å². The lowest BCUT2D eigenvalue weighted by Crippen LogP contribution is -2.07. The van der Waals surface area contributed by atoms with Crippen LogP contribution in [-0.2, 0) is 9.73 Å². The van der Waals surface area contributed by atoms with E-state index in [1.807, 2.05) is 66.7 Å². The zero-order chi connectivity index (χ0) is 15.2. The average Bonchev–Trinajstić information content (AvgIpc) is 2.55. The summed E-state index contributed by atoms with van der Waals surface area (Å²) in [5.41, 5.74) is 2.60. The SMILES string of the molecule is O=S1(c2ccccc2)=Nc2ccccc2-c2cc(Cl)ccc21. The number of hydrogen-bond acceptors (Lipinski definition) is 2. The van der Waals surface area contributed by atoms with Crippen LogP contribution in [0.4, 0.5) is 5.69 Å². The molecule has 0 N–H and O–H groups in total. The predicted molar refractivity (Wildman–Crippen MR) is 90.1 cm³/mol. The molecule has 3 aromatic carbocycles. The molecule has 1 aliphatic heterocycles. The summed E-state index contributed by atoms with van der Waals surface area (Å²) >= 11 is 6.16. The maximum absolute atomic E-state index is 13.7. The summed E-state index contributed by atoms with van der Waals surface area (Å²) in [6, 6.07) is 22.6. The van der Waals surface area contributed by atoms with Crippen LogP contribution in [0.5, 0.6) is 0 Å². The second kappa shape index (κ2) is 4.97. The number of halogens is 1. The predicted octanol–water partition coefficient (Wildman–Crippen LogP) is 5.54. The van der Waals surface area contributed by atoms with Gasteiger partial charge in [0.1, 0.15) is 9.73 Å². The molecule has 1 unspecified atom stereocenters. The van der Waals surface area contributed by atoms with Crippen molar-refractivity contribution in [2.24, 2.45) is 4.36 Å². The van der Waals surface area contributed by atoms with Crippen LogP contribution in [0.3, 0.4) is 0 Å². The van der Waals surface area contributed by atoms with E-state index in [9.17, 15) is 4.21 Å². The molecule has 0 fully saturated rings. The van der Waals surface area contributed by atoms with Gasteiger partial charge in [-0.25, -0.2) is 4.21 Å². The van der Waals surface area contributed by atoms with Crippen LogP contribution in [0, 0.1) is 0 Å². The fourth-order valence-corrected chi connectivity index (χ4v) is 5.02. The molecule has 22 heavy (non-hydrogen) atoms. The van der Waals surface area contributed by atoms with Gasteiger partial charge in [-0.05, 0) is 36.4 Å². The van der Waals surface area contributed by atoms with Crippen LogP contribution in [0.15, 0.2) is 87.0 Å². The molecule has 0 saturated carbocycles. The van der Waals surface area contributed by atoms with Crippen molar-refractivity contribution in [3.05, 3.63) is 77.8 Å². The van der Waals surface area contributed by atoms with E-state index in [0.29, 0.717) is 9.92 Å². The van der Waals surface area contributed by atoms with E-state index in [1.165, 1.54) is 0 Å². The molecule has 1 atom stereocenters. The van der Waals surface area contributed by atoms with Gasteiger partial charge < -0.3 is 0 Å². The highest BCUT2D eigenvalue weighted by Gasteiger charge is 2.26. The van der Waals surface area contributed by atoms with Crippen molar-refractivity contribution in [1.82, 2.24) is 0 Å². The lowest BCUT2D eigenvalue weighted by Gasteiger charge is -2.21. The van der Waals surface area contributed by atoms with Crippen molar-refractivity contribution in [2.75, 3.05) is 0 Å². The van der Waals surface area contributed by atoms with Crippen molar-refractivity contribution in [1.29, 1.82) is 0 Å². The monoisotopic (exact) mass is 325 g/mol. The fourth-order valence-electron chi connectivity index (χ4n) is 2.71. The fraction of sp³-hybridized carbons (Fsp3) is 0. The van der Waals surface area contributed by atoms with Crippen LogP contribution < -0.4 is 0 Å². The Bertz CT molecular complexity index is 989. The van der Waals surface area contributed by atoms with Crippen LogP contribution in [0.2, 0.25) is 5.02 Å². The minimum absolute atomic E-state index is 0.630. The van der Waals surface area contributed by atoms with Crippen molar-refractivity contribution in [3.8, 4) is 11.1 Å². The molecule has 0 amide bonds. The Morgan fingerprint density at radius 3 is 2.36 bits per heavy atom. The second-order valence-corrected chi connectivity index (χ2v) is 7.67. The van der Waals surface area contributed by atoms with Crippen LogP contribution in [0.25, 0.3) is 11.1 Å². The topological polar surface area (TPSA) is 29.4 Å². The van der Waals surface area contributed by atoms with Crippen molar-refractivity contribution in [2.45, 2.75) is 9.79 Å². The minimum atomic E-state index is -2.69. The molecular weight excluding hydrogens is 314 g/mol. The standard InChI is InChI=1S/C18H12ClNOS/c19-13-10-11-18-16(12-13)15-8-4-5-9-17(15)20-22(18,21)14-6-2-1-3-7-14/h1-12H. The third-order valence-electron chi connectivity index (χ3n) is 3.72. The van der Waals surface area contributed by atoms with Gasteiger partial charge in [-0.1, -0.05) is 48.0 Å². The maximum atomic E-state index is 13.7. The summed E-state index contributed by atoms with van der Waals surface area (Å²) < 4.78 is 18.3. The van der Waals surface area contributed by atoms with Gasteiger partial charge in [0, 0.05) is 16.1 Å². The van der Waals surface area contributed by atoms with Gasteiger partial charge in [-0.3, -0.25) is 0 Å². The molecule has 4 heteroatoms. The number of nitrogens with zero attached hydrogens (tertiary/aromatic N) is 1. The van der Waals surface area contributed by atoms with Crippen LogP contribution >= 0.6 is 11.6 Å². The summed E-state index contributed by atoms with van der Waals surface area (Å²) in [5, 5.41) is 0.630. The van der Waals surface area contributed by atoms with E-state index >= 15 is 0 Å². The lowest BCUT2D eigenvalue weighted by atomic mass is 10.0. The molecule has 2 nitrogen and oxygen atoms in total. The first-order valence-corrected chi connectivity index (χ1v) is 8.79. The molecule has 1 heterocycles.